The Labute approximate surface area is 155 Å². The van der Waals surface area contributed by atoms with Gasteiger partial charge in [0.2, 0.25) is 0 Å². The molecule has 24 heavy (non-hydrogen) atoms. The van der Waals surface area contributed by atoms with Gasteiger partial charge < -0.3 is 10.6 Å². The molecule has 0 bridgehead atoms. The molecule has 2 amide bonds. The van der Waals surface area contributed by atoms with Gasteiger partial charge in [0.15, 0.2) is 0 Å². The zero-order valence-corrected chi connectivity index (χ0v) is 15.5. The van der Waals surface area contributed by atoms with E-state index in [1.54, 1.807) is 30.3 Å². The minimum absolute atomic E-state index is 0.116. The van der Waals surface area contributed by atoms with Gasteiger partial charge in [-0.25, -0.2) is 0 Å². The molecule has 0 aromatic heterocycles. The molecule has 2 aromatic rings. The highest BCUT2D eigenvalue weighted by atomic mass is 127. The van der Waals surface area contributed by atoms with Crippen LogP contribution in [0.25, 0.3) is 0 Å². The molecule has 0 saturated heterocycles. The largest absolute Gasteiger partial charge is 0.352 e. The number of halogens is 1. The van der Waals surface area contributed by atoms with Crippen molar-refractivity contribution in [2.24, 2.45) is 0 Å². The summed E-state index contributed by atoms with van der Waals surface area (Å²) in [7, 11) is 0. The summed E-state index contributed by atoms with van der Waals surface area (Å²) in [5, 5.41) is 5.69. The summed E-state index contributed by atoms with van der Waals surface area (Å²) in [5.41, 5.74) is 1.86. The number of anilines is 1. The number of hydrogen-bond acceptors (Lipinski definition) is 2. The fourth-order valence-corrected chi connectivity index (χ4v) is 2.72. The van der Waals surface area contributed by atoms with E-state index < -0.39 is 0 Å². The lowest BCUT2D eigenvalue weighted by atomic mass is 10.1. The molecule has 4 nitrogen and oxygen atoms in total. The number of benzene rings is 2. The maximum absolute atomic E-state index is 12.3. The van der Waals surface area contributed by atoms with Gasteiger partial charge in [-0.1, -0.05) is 24.3 Å². The Balaban J connectivity index is 1.95. The van der Waals surface area contributed by atoms with Crippen molar-refractivity contribution in [1.29, 1.82) is 0 Å². The first-order valence-electron chi connectivity index (χ1n) is 7.67. The monoisotopic (exact) mass is 434 g/mol. The number of carbonyl (C=O) groups excluding carboxylic acids is 2. The Morgan fingerprint density at radius 2 is 1.75 bits per heavy atom. The van der Waals surface area contributed by atoms with Crippen LogP contribution in [-0.4, -0.2) is 18.4 Å². The lowest BCUT2D eigenvalue weighted by Gasteiger charge is -2.08. The van der Waals surface area contributed by atoms with Gasteiger partial charge in [-0.3, -0.25) is 9.59 Å². The van der Waals surface area contributed by atoms with Crippen molar-refractivity contribution in [2.75, 3.05) is 11.9 Å². The van der Waals surface area contributed by atoms with Crippen molar-refractivity contribution in [3.8, 4) is 0 Å². The van der Waals surface area contributed by atoms with Crippen molar-refractivity contribution in [3.05, 3.63) is 75.4 Å². The maximum Gasteiger partial charge on any atom is 0.256 e. The van der Waals surface area contributed by atoms with Crippen LogP contribution in [0.5, 0.6) is 0 Å². The molecule has 0 fully saturated rings. The number of rotatable bonds is 6. The van der Waals surface area contributed by atoms with E-state index in [0.29, 0.717) is 23.4 Å². The van der Waals surface area contributed by atoms with Gasteiger partial charge in [0.1, 0.15) is 0 Å². The van der Waals surface area contributed by atoms with E-state index in [-0.39, 0.29) is 11.8 Å². The van der Waals surface area contributed by atoms with Gasteiger partial charge in [0.25, 0.3) is 11.8 Å². The van der Waals surface area contributed by atoms with E-state index in [1.165, 1.54) is 0 Å². The highest BCUT2D eigenvalue weighted by Crippen LogP contribution is 2.15. The van der Waals surface area contributed by atoms with Crippen LogP contribution in [0.15, 0.2) is 60.7 Å². The summed E-state index contributed by atoms with van der Waals surface area (Å²) >= 11 is 2.13. The SMILES string of the molecule is C/C=C/CCNC(=O)c1ccc(NC(=O)c2ccccc2I)cc1. The van der Waals surface area contributed by atoms with Crippen LogP contribution < -0.4 is 10.6 Å². The topological polar surface area (TPSA) is 58.2 Å². The van der Waals surface area contributed by atoms with Crippen LogP contribution in [0.2, 0.25) is 0 Å². The van der Waals surface area contributed by atoms with Gasteiger partial charge in [-0.2, -0.15) is 0 Å². The standard InChI is InChI=1S/C19H19IN2O2/c1-2-3-6-13-21-18(23)14-9-11-15(12-10-14)22-19(24)16-7-4-5-8-17(16)20/h2-5,7-12H,6,13H2,1H3,(H,21,23)(H,22,24)/b3-2+. The van der Waals surface area contributed by atoms with Gasteiger partial charge in [-0.05, 0) is 72.3 Å². The highest BCUT2D eigenvalue weighted by molar-refractivity contribution is 14.1. The summed E-state index contributed by atoms with van der Waals surface area (Å²) in [6.45, 7) is 2.55. The molecule has 0 aliphatic carbocycles. The first-order valence-corrected chi connectivity index (χ1v) is 8.75. The molecule has 2 N–H and O–H groups in total. The molecule has 2 rings (SSSR count). The molecule has 0 radical (unpaired) electrons. The van der Waals surface area contributed by atoms with E-state index in [1.807, 2.05) is 37.3 Å². The third-order valence-electron chi connectivity index (χ3n) is 3.36. The average molecular weight is 434 g/mol. The number of hydrogen-bond donors (Lipinski definition) is 2. The number of carbonyl (C=O) groups is 2. The fourth-order valence-electron chi connectivity index (χ4n) is 2.09. The minimum Gasteiger partial charge on any atom is -0.352 e. The number of amides is 2. The zero-order chi connectivity index (χ0) is 17.4. The third-order valence-corrected chi connectivity index (χ3v) is 4.30. The van der Waals surface area contributed by atoms with E-state index >= 15 is 0 Å². The van der Waals surface area contributed by atoms with Gasteiger partial charge >= 0.3 is 0 Å². The average Bonchev–Trinajstić information content (AvgIpc) is 2.59. The van der Waals surface area contributed by atoms with E-state index in [0.717, 1.165) is 9.99 Å². The maximum atomic E-state index is 12.3. The number of allylic oxidation sites excluding steroid dienone is 1. The second-order valence-corrected chi connectivity index (χ2v) is 6.29. The summed E-state index contributed by atoms with van der Waals surface area (Å²) in [6, 6.07) is 14.3. The molecule has 2 aromatic carbocycles. The quantitative estimate of drug-likeness (QED) is 0.406. The van der Waals surface area contributed by atoms with Gasteiger partial charge in [-0.15, -0.1) is 0 Å². The Hall–Kier alpha value is -2.15. The second kappa shape index (κ2) is 9.22. The van der Waals surface area contributed by atoms with Crippen molar-refractivity contribution in [2.45, 2.75) is 13.3 Å². The normalized spacial score (nSPS) is 10.6. The van der Waals surface area contributed by atoms with E-state index in [2.05, 4.69) is 33.2 Å². The van der Waals surface area contributed by atoms with Crippen molar-refractivity contribution in [1.82, 2.24) is 5.32 Å². The van der Waals surface area contributed by atoms with Crippen molar-refractivity contribution >= 4 is 40.1 Å². The number of nitrogens with one attached hydrogen (secondary N) is 2. The lowest BCUT2D eigenvalue weighted by molar-refractivity contribution is 0.0953. The molecular weight excluding hydrogens is 415 g/mol. The Kier molecular flexibility index (Phi) is 6.99. The molecule has 0 spiro atoms. The summed E-state index contributed by atoms with van der Waals surface area (Å²) in [4.78, 5) is 24.2. The molecule has 5 heteroatoms. The first-order chi connectivity index (χ1) is 11.6. The first kappa shape index (κ1) is 18.2. The third kappa shape index (κ3) is 5.19. The van der Waals surface area contributed by atoms with Crippen LogP contribution in [0.1, 0.15) is 34.1 Å². The molecule has 0 heterocycles. The van der Waals surface area contributed by atoms with Crippen molar-refractivity contribution < 1.29 is 9.59 Å². The predicted molar refractivity (Wildman–Crippen MR) is 105 cm³/mol. The predicted octanol–water partition coefficient (Wildman–Crippen LogP) is 4.24. The van der Waals surface area contributed by atoms with E-state index in [4.69, 9.17) is 0 Å². The molecule has 0 aliphatic rings. The Morgan fingerprint density at radius 1 is 1.04 bits per heavy atom. The zero-order valence-electron chi connectivity index (χ0n) is 13.4. The van der Waals surface area contributed by atoms with Crippen LogP contribution in [0.3, 0.4) is 0 Å². The molecule has 0 saturated carbocycles. The smallest absolute Gasteiger partial charge is 0.256 e. The molecular formula is C19H19IN2O2. The van der Waals surface area contributed by atoms with Crippen molar-refractivity contribution in [3.63, 3.8) is 0 Å². The van der Waals surface area contributed by atoms with Gasteiger partial charge in [0.05, 0.1) is 5.56 Å². The Bertz CT molecular complexity index is 739. The molecule has 0 unspecified atom stereocenters. The van der Waals surface area contributed by atoms with E-state index in [9.17, 15) is 9.59 Å². The summed E-state index contributed by atoms with van der Waals surface area (Å²) in [5.74, 6) is -0.279. The Morgan fingerprint density at radius 3 is 2.42 bits per heavy atom. The van der Waals surface area contributed by atoms with Crippen LogP contribution in [-0.2, 0) is 0 Å². The van der Waals surface area contributed by atoms with Crippen LogP contribution >= 0.6 is 22.6 Å². The lowest BCUT2D eigenvalue weighted by Crippen LogP contribution is -2.24. The fraction of sp³-hybridized carbons (Fsp3) is 0.158. The summed E-state index contributed by atoms with van der Waals surface area (Å²) in [6.07, 6.45) is 4.77. The summed E-state index contributed by atoms with van der Waals surface area (Å²) < 4.78 is 0.893. The minimum atomic E-state index is -0.163. The van der Waals surface area contributed by atoms with Gasteiger partial charge in [0, 0.05) is 21.4 Å². The highest BCUT2D eigenvalue weighted by Gasteiger charge is 2.10. The molecule has 124 valence electrons. The van der Waals surface area contributed by atoms with Crippen LogP contribution in [0, 0.1) is 3.57 Å². The second-order valence-electron chi connectivity index (χ2n) is 5.12. The molecule has 0 atom stereocenters. The van der Waals surface area contributed by atoms with Crippen LogP contribution in [0.4, 0.5) is 5.69 Å². The molecule has 0 aliphatic heterocycles.